The molecule has 0 heterocycles. The number of rotatable bonds is 9. The smallest absolute Gasteiger partial charge is 0.415 e. The second kappa shape index (κ2) is 8.72. The van der Waals surface area contributed by atoms with Gasteiger partial charge in [0.05, 0.1) is 11.2 Å². The molecule has 12 heteroatoms. The molecule has 208 valence electrons. The van der Waals surface area contributed by atoms with Gasteiger partial charge in [-0.2, -0.15) is 8.78 Å². The number of carbonyl (C=O) groups excluding carboxylic acids is 2. The highest BCUT2D eigenvalue weighted by Crippen LogP contribution is 2.63. The van der Waals surface area contributed by atoms with E-state index < -0.39 is 51.6 Å². The van der Waals surface area contributed by atoms with Crippen molar-refractivity contribution in [3.8, 4) is 0 Å². The van der Waals surface area contributed by atoms with Gasteiger partial charge in [0, 0.05) is 19.3 Å². The normalized spacial score (nSPS) is 47.3. The van der Waals surface area contributed by atoms with Crippen LogP contribution in [0.4, 0.5) is 8.78 Å². The molecule has 4 atom stereocenters. The summed E-state index contributed by atoms with van der Waals surface area (Å²) in [5, 5.41) is 18.4. The van der Waals surface area contributed by atoms with Crippen LogP contribution in [0.3, 0.4) is 0 Å². The van der Waals surface area contributed by atoms with E-state index in [2.05, 4.69) is 16.3 Å². The summed E-state index contributed by atoms with van der Waals surface area (Å²) in [7, 11) is 0. The Balaban J connectivity index is 1.12. The average Bonchev–Trinajstić information content (AvgIpc) is 2.78. The Labute approximate surface area is 217 Å². The van der Waals surface area contributed by atoms with Gasteiger partial charge in [-0.25, -0.2) is 14.8 Å². The summed E-state index contributed by atoms with van der Waals surface area (Å²) in [6, 6.07) is 0. The van der Waals surface area contributed by atoms with Gasteiger partial charge in [0.2, 0.25) is 0 Å². The molecule has 9 nitrogen and oxygen atoms in total. The van der Waals surface area contributed by atoms with Gasteiger partial charge in [0.15, 0.2) is 0 Å². The van der Waals surface area contributed by atoms with E-state index in [1.807, 2.05) is 0 Å². The summed E-state index contributed by atoms with van der Waals surface area (Å²) >= 11 is -0.682. The first-order valence-electron chi connectivity index (χ1n) is 13.2. The lowest BCUT2D eigenvalue weighted by Gasteiger charge is -2.63. The zero-order chi connectivity index (χ0) is 26.3. The zero-order valence-corrected chi connectivity index (χ0v) is 21.6. The van der Waals surface area contributed by atoms with Crippen molar-refractivity contribution in [2.45, 2.75) is 105 Å². The fraction of sp³-hybridized carbons (Fsp3) is 0.920. The fourth-order valence-electron chi connectivity index (χ4n) is 9.61. The van der Waals surface area contributed by atoms with Crippen LogP contribution < -0.4 is 0 Å². The molecule has 0 aromatic carbocycles. The number of alkyl halides is 2. The summed E-state index contributed by atoms with van der Waals surface area (Å²) in [6.07, 6.45) is 7.36. The van der Waals surface area contributed by atoms with E-state index in [1.54, 1.807) is 0 Å². The van der Waals surface area contributed by atoms with Crippen LogP contribution in [0.1, 0.15) is 77.6 Å². The van der Waals surface area contributed by atoms with Crippen LogP contribution in [0.2, 0.25) is 0 Å². The van der Waals surface area contributed by atoms with Crippen LogP contribution in [-0.2, 0) is 33.2 Å². The van der Waals surface area contributed by atoms with Crippen molar-refractivity contribution in [2.24, 2.45) is 29.6 Å². The molecule has 0 spiro atoms. The molecule has 2 N–H and O–H groups in total. The minimum Gasteiger partial charge on any atom is -0.457 e. The molecule has 37 heavy (non-hydrogen) atoms. The molecule has 8 saturated carbocycles. The molecule has 0 aromatic heterocycles. The van der Waals surface area contributed by atoms with Crippen molar-refractivity contribution in [2.75, 3.05) is 6.61 Å². The number of hydrogen-bond donors (Lipinski definition) is 2. The van der Waals surface area contributed by atoms with Crippen molar-refractivity contribution in [1.29, 1.82) is 0 Å². The van der Waals surface area contributed by atoms with E-state index in [-0.39, 0.29) is 31.8 Å². The van der Waals surface area contributed by atoms with Crippen molar-refractivity contribution in [3.05, 3.63) is 0 Å². The lowest BCUT2D eigenvalue weighted by molar-refractivity contribution is -0.433. The lowest BCUT2D eigenvalue weighted by Crippen LogP contribution is -2.68. The van der Waals surface area contributed by atoms with E-state index >= 15 is 0 Å². The lowest BCUT2D eigenvalue weighted by atomic mass is 9.50. The Bertz CT molecular complexity index is 936. The van der Waals surface area contributed by atoms with Crippen LogP contribution in [0.5, 0.6) is 0 Å². The third-order valence-electron chi connectivity index (χ3n) is 10.2. The molecule has 8 fully saturated rings. The summed E-state index contributed by atoms with van der Waals surface area (Å²) in [6.45, 7) is 1.76. The standard InChI is InChI=1S/C25H34F2O9S/c1-21(17-3-14-2-15(5-17)6-18(21)4-14)33-19(28)10-32-23-8-16-7-22(30,11-23)12-24(9-16,13-23)34-20(29)25(26,27)37-36-35-31/h14-18,30-31H,2-13H2,1H3. The third-order valence-corrected chi connectivity index (χ3v) is 10.7. The van der Waals surface area contributed by atoms with Gasteiger partial charge in [0.1, 0.15) is 29.9 Å². The molecule has 0 saturated heterocycles. The predicted molar refractivity (Wildman–Crippen MR) is 123 cm³/mol. The van der Waals surface area contributed by atoms with Gasteiger partial charge in [-0.3, -0.25) is 0 Å². The van der Waals surface area contributed by atoms with Gasteiger partial charge < -0.3 is 19.3 Å². The molecule has 0 aromatic rings. The van der Waals surface area contributed by atoms with Crippen LogP contribution in [0.25, 0.3) is 0 Å². The van der Waals surface area contributed by atoms with E-state index in [9.17, 15) is 23.5 Å². The molecule has 8 bridgehead atoms. The van der Waals surface area contributed by atoms with E-state index in [0.29, 0.717) is 31.1 Å². The second-order valence-corrected chi connectivity index (χ2v) is 13.8. The average molecular weight is 549 g/mol. The fourth-order valence-corrected chi connectivity index (χ4v) is 9.83. The predicted octanol–water partition coefficient (Wildman–Crippen LogP) is 4.17. The minimum atomic E-state index is -4.14. The second-order valence-electron chi connectivity index (χ2n) is 13.0. The Morgan fingerprint density at radius 1 is 0.919 bits per heavy atom. The molecule has 0 aliphatic heterocycles. The Morgan fingerprint density at radius 3 is 2.16 bits per heavy atom. The van der Waals surface area contributed by atoms with Crippen molar-refractivity contribution < 1.29 is 52.3 Å². The summed E-state index contributed by atoms with van der Waals surface area (Å²) in [5.74, 6) is -0.190. The molecule has 0 amide bonds. The third kappa shape index (κ3) is 4.59. The topological polar surface area (TPSA) is 121 Å². The van der Waals surface area contributed by atoms with Crippen LogP contribution >= 0.6 is 12.0 Å². The summed E-state index contributed by atoms with van der Waals surface area (Å²) in [4.78, 5) is 25.4. The van der Waals surface area contributed by atoms with Crippen LogP contribution in [-0.4, -0.2) is 56.6 Å². The van der Waals surface area contributed by atoms with Gasteiger partial charge in [-0.05, 0) is 87.9 Å². The Hall–Kier alpha value is -1.05. The quantitative estimate of drug-likeness (QED) is 0.188. The van der Waals surface area contributed by atoms with Gasteiger partial charge >= 0.3 is 17.2 Å². The highest BCUT2D eigenvalue weighted by atomic mass is 32.2. The molecule has 0 radical (unpaired) electrons. The van der Waals surface area contributed by atoms with E-state index in [0.717, 1.165) is 37.5 Å². The minimum absolute atomic E-state index is 0.0136. The van der Waals surface area contributed by atoms with Crippen molar-refractivity contribution in [3.63, 3.8) is 0 Å². The van der Waals surface area contributed by atoms with Gasteiger partial charge in [-0.15, -0.1) is 4.33 Å². The maximum absolute atomic E-state index is 14.1. The van der Waals surface area contributed by atoms with Crippen molar-refractivity contribution >= 4 is 24.0 Å². The summed E-state index contributed by atoms with van der Waals surface area (Å²) < 4.78 is 49.6. The first kappa shape index (κ1) is 26.2. The van der Waals surface area contributed by atoms with Gasteiger partial charge in [-0.1, -0.05) is 5.04 Å². The molecule has 4 unspecified atom stereocenters. The number of hydrogen-bond acceptors (Lipinski definition) is 10. The molecular formula is C25H34F2O9S. The number of halogens is 2. The number of aliphatic hydroxyl groups is 1. The maximum Gasteiger partial charge on any atom is 0.415 e. The van der Waals surface area contributed by atoms with Crippen molar-refractivity contribution in [1.82, 2.24) is 0 Å². The number of ether oxygens (including phenoxy) is 3. The van der Waals surface area contributed by atoms with Gasteiger partial charge in [0.25, 0.3) is 0 Å². The van der Waals surface area contributed by atoms with E-state index in [1.165, 1.54) is 6.42 Å². The largest absolute Gasteiger partial charge is 0.457 e. The van der Waals surface area contributed by atoms with Crippen LogP contribution in [0, 0.1) is 29.6 Å². The highest BCUT2D eigenvalue weighted by Gasteiger charge is 2.67. The molecule has 8 aliphatic carbocycles. The highest BCUT2D eigenvalue weighted by molar-refractivity contribution is 7.96. The monoisotopic (exact) mass is 548 g/mol. The number of carbonyl (C=O) groups is 2. The first-order chi connectivity index (χ1) is 17.4. The molecule has 8 rings (SSSR count). The Kier molecular flexibility index (Phi) is 6.17. The summed E-state index contributed by atoms with van der Waals surface area (Å²) in [5.41, 5.74) is -4.07. The zero-order valence-electron chi connectivity index (χ0n) is 20.8. The SMILES string of the molecule is CC1(OC(=O)COC23CC4CC(O)(C2)CC(OC(=O)C(F)(F)SOOO)(C4)C3)C2CC3CC(C2)CC1C3. The number of esters is 2. The maximum atomic E-state index is 14.1. The van der Waals surface area contributed by atoms with E-state index in [4.69, 9.17) is 19.5 Å². The molecule has 8 aliphatic rings. The Morgan fingerprint density at radius 2 is 1.54 bits per heavy atom. The first-order valence-corrected chi connectivity index (χ1v) is 14.0. The van der Waals surface area contributed by atoms with Crippen LogP contribution in [0.15, 0.2) is 0 Å². The molecular weight excluding hydrogens is 514 g/mol.